The minimum Gasteiger partial charge on any atom is -0.293 e. The molecule has 1 unspecified atom stereocenters. The Hall–Kier alpha value is -1.63. The Morgan fingerprint density at radius 2 is 2.14 bits per heavy atom. The van der Waals surface area contributed by atoms with Crippen LogP contribution in [-0.4, -0.2) is 5.78 Å². The van der Waals surface area contributed by atoms with Crippen molar-refractivity contribution in [3.8, 4) is 0 Å². The summed E-state index contributed by atoms with van der Waals surface area (Å²) in [4.78, 5) is 11.9. The van der Waals surface area contributed by atoms with Crippen LogP contribution in [0.3, 0.4) is 0 Å². The molecule has 0 radical (unpaired) electrons. The van der Waals surface area contributed by atoms with E-state index in [1.54, 1.807) is 0 Å². The predicted octanol–water partition coefficient (Wildman–Crippen LogP) is 2.49. The second-order valence-electron chi connectivity index (χ2n) is 3.71. The van der Waals surface area contributed by atoms with Gasteiger partial charge in [-0.3, -0.25) is 4.79 Å². The molecule has 0 fully saturated rings. The van der Waals surface area contributed by atoms with Gasteiger partial charge in [0.25, 0.3) is 0 Å². The molecule has 0 aromatic heterocycles. The lowest BCUT2D eigenvalue weighted by Crippen LogP contribution is -2.09. The van der Waals surface area contributed by atoms with Crippen LogP contribution in [0.4, 0.5) is 0 Å². The van der Waals surface area contributed by atoms with Gasteiger partial charge in [-0.2, -0.15) is 0 Å². The monoisotopic (exact) mass is 182 g/mol. The van der Waals surface area contributed by atoms with Crippen molar-refractivity contribution in [1.29, 1.82) is 0 Å². The maximum absolute atomic E-state index is 11.9. The molecule has 0 spiro atoms. The van der Waals surface area contributed by atoms with E-state index in [9.17, 15) is 4.79 Å². The number of hydrogen-bond donors (Lipinski definition) is 0. The van der Waals surface area contributed by atoms with Crippen molar-refractivity contribution in [3.63, 3.8) is 0 Å². The molecule has 0 aliphatic heterocycles. The van der Waals surface area contributed by atoms with E-state index in [4.69, 9.17) is 0 Å². The molecule has 14 heavy (non-hydrogen) atoms. The fraction of sp³-hybridized carbons (Fsp3) is 0.154. The van der Waals surface area contributed by atoms with E-state index in [1.165, 1.54) is 5.57 Å². The minimum absolute atomic E-state index is 0.0102. The summed E-state index contributed by atoms with van der Waals surface area (Å²) in [5.74, 6) is 0.254. The van der Waals surface area contributed by atoms with Gasteiger partial charge < -0.3 is 0 Å². The van der Waals surface area contributed by atoms with Gasteiger partial charge >= 0.3 is 0 Å². The Balaban J connectivity index is 2.23. The summed E-state index contributed by atoms with van der Waals surface area (Å²) in [5.41, 5.74) is 3.22. The first-order valence-corrected chi connectivity index (χ1v) is 4.88. The molecule has 3 rings (SSSR count). The molecule has 0 saturated heterocycles. The fourth-order valence-electron chi connectivity index (χ4n) is 2.25. The highest BCUT2D eigenvalue weighted by Crippen LogP contribution is 2.39. The molecule has 3 aliphatic rings. The summed E-state index contributed by atoms with van der Waals surface area (Å²) in [6.07, 6.45) is 15.1. The number of carbonyl (C=O) groups is 1. The van der Waals surface area contributed by atoms with E-state index in [1.807, 2.05) is 24.3 Å². The van der Waals surface area contributed by atoms with Gasteiger partial charge in [-0.25, -0.2) is 0 Å². The molecule has 1 nitrogen and oxygen atoms in total. The van der Waals surface area contributed by atoms with Crippen LogP contribution < -0.4 is 0 Å². The van der Waals surface area contributed by atoms with E-state index in [0.717, 1.165) is 17.6 Å². The molecule has 0 bridgehead atoms. The van der Waals surface area contributed by atoms with Crippen molar-refractivity contribution in [2.24, 2.45) is 5.92 Å². The predicted molar refractivity (Wildman–Crippen MR) is 55.6 cm³/mol. The average molecular weight is 182 g/mol. The average Bonchev–Trinajstić information content (AvgIpc) is 2.55. The summed E-state index contributed by atoms with van der Waals surface area (Å²) >= 11 is 0. The van der Waals surface area contributed by atoms with Gasteiger partial charge in [0, 0.05) is 5.57 Å². The van der Waals surface area contributed by atoms with Crippen molar-refractivity contribution in [1.82, 2.24) is 0 Å². The zero-order chi connectivity index (χ0) is 9.54. The lowest BCUT2D eigenvalue weighted by Gasteiger charge is -2.07. The maximum atomic E-state index is 11.9. The Bertz CT molecular complexity index is 456. The molecule has 0 heterocycles. The maximum Gasteiger partial charge on any atom is 0.174 e. The number of ketones is 1. The number of Topliss-reactive ketones (excluding diaryl/α,β-unsaturated/α-hetero) is 1. The van der Waals surface area contributed by atoms with Gasteiger partial charge in [0.1, 0.15) is 0 Å². The Morgan fingerprint density at radius 1 is 1.21 bits per heavy atom. The van der Waals surface area contributed by atoms with Crippen LogP contribution >= 0.6 is 0 Å². The molecule has 1 heteroatoms. The van der Waals surface area contributed by atoms with Crippen LogP contribution in [0.2, 0.25) is 0 Å². The van der Waals surface area contributed by atoms with Crippen LogP contribution in [0, 0.1) is 5.92 Å². The highest BCUT2D eigenvalue weighted by atomic mass is 16.1. The molecular weight excluding hydrogens is 172 g/mol. The van der Waals surface area contributed by atoms with Gasteiger partial charge in [-0.15, -0.1) is 0 Å². The number of carbonyl (C=O) groups excluding carboxylic acids is 1. The first kappa shape index (κ1) is 7.74. The first-order chi connectivity index (χ1) is 6.88. The summed E-state index contributed by atoms with van der Waals surface area (Å²) in [5, 5.41) is 0. The molecule has 68 valence electrons. The van der Waals surface area contributed by atoms with Crippen molar-refractivity contribution in [2.45, 2.75) is 6.42 Å². The van der Waals surface area contributed by atoms with Crippen molar-refractivity contribution >= 4 is 5.78 Å². The van der Waals surface area contributed by atoms with E-state index >= 15 is 0 Å². The van der Waals surface area contributed by atoms with E-state index < -0.39 is 0 Å². The Kier molecular flexibility index (Phi) is 1.48. The third-order valence-electron chi connectivity index (χ3n) is 2.92. The molecule has 0 amide bonds. The van der Waals surface area contributed by atoms with E-state index in [2.05, 4.69) is 18.2 Å². The lowest BCUT2D eigenvalue weighted by molar-refractivity contribution is -0.116. The molecular formula is C13H10O. The van der Waals surface area contributed by atoms with E-state index in [-0.39, 0.29) is 11.7 Å². The SMILES string of the molecule is O=C1C2=CCC=CC2=C2C=CC=CC12. The quantitative estimate of drug-likeness (QED) is 0.562. The zero-order valence-electron chi connectivity index (χ0n) is 7.73. The zero-order valence-corrected chi connectivity index (χ0v) is 7.73. The fourth-order valence-corrected chi connectivity index (χ4v) is 2.25. The minimum atomic E-state index is -0.0102. The van der Waals surface area contributed by atoms with Gasteiger partial charge in [0.15, 0.2) is 5.78 Å². The number of hydrogen-bond acceptors (Lipinski definition) is 1. The van der Waals surface area contributed by atoms with E-state index in [0.29, 0.717) is 0 Å². The summed E-state index contributed by atoms with van der Waals surface area (Å²) in [6.45, 7) is 0. The molecule has 3 aliphatic carbocycles. The largest absolute Gasteiger partial charge is 0.293 e. The number of rotatable bonds is 0. The van der Waals surface area contributed by atoms with Gasteiger partial charge in [-0.05, 0) is 17.6 Å². The Labute approximate surface area is 82.8 Å². The smallest absolute Gasteiger partial charge is 0.174 e. The molecule has 1 atom stereocenters. The molecule has 0 aromatic rings. The molecule has 0 aromatic carbocycles. The standard InChI is InChI=1S/C13H10O/c14-13-11-7-3-1-5-9(11)10-6-2-4-8-12(10)13/h1-3,5-8,11H,4H2. The summed E-state index contributed by atoms with van der Waals surface area (Å²) in [7, 11) is 0. The van der Waals surface area contributed by atoms with Crippen LogP contribution in [0.15, 0.2) is 59.3 Å². The summed E-state index contributed by atoms with van der Waals surface area (Å²) in [6, 6.07) is 0. The van der Waals surface area contributed by atoms with Crippen molar-refractivity contribution in [2.75, 3.05) is 0 Å². The van der Waals surface area contributed by atoms with Gasteiger partial charge in [0.2, 0.25) is 0 Å². The van der Waals surface area contributed by atoms with Crippen LogP contribution in [0.25, 0.3) is 0 Å². The second kappa shape index (κ2) is 2.68. The summed E-state index contributed by atoms with van der Waals surface area (Å²) < 4.78 is 0. The van der Waals surface area contributed by atoms with Gasteiger partial charge in [0.05, 0.1) is 5.92 Å². The highest BCUT2D eigenvalue weighted by Gasteiger charge is 2.34. The van der Waals surface area contributed by atoms with Crippen molar-refractivity contribution < 1.29 is 4.79 Å². The molecule has 0 N–H and O–H groups in total. The first-order valence-electron chi connectivity index (χ1n) is 4.88. The van der Waals surface area contributed by atoms with Crippen LogP contribution in [0.5, 0.6) is 0 Å². The normalized spacial score (nSPS) is 27.9. The third-order valence-corrected chi connectivity index (χ3v) is 2.92. The second-order valence-corrected chi connectivity index (χ2v) is 3.71. The Morgan fingerprint density at radius 3 is 3.07 bits per heavy atom. The number of allylic oxidation sites excluding steroid dienone is 10. The van der Waals surface area contributed by atoms with Crippen LogP contribution in [-0.2, 0) is 4.79 Å². The third kappa shape index (κ3) is 0.869. The topological polar surface area (TPSA) is 17.1 Å². The highest BCUT2D eigenvalue weighted by molar-refractivity contribution is 6.09. The van der Waals surface area contributed by atoms with Gasteiger partial charge in [-0.1, -0.05) is 42.5 Å². The molecule has 0 saturated carbocycles. The lowest BCUT2D eigenvalue weighted by atomic mass is 9.95. The van der Waals surface area contributed by atoms with Crippen molar-refractivity contribution in [3.05, 3.63) is 59.3 Å². The number of fused-ring (bicyclic) bond motifs is 2. The van der Waals surface area contributed by atoms with Crippen LogP contribution in [0.1, 0.15) is 6.42 Å².